The van der Waals surface area contributed by atoms with E-state index in [-0.39, 0.29) is 11.5 Å². The smallest absolute Gasteiger partial charge is 0.267 e. The standard InChI is InChI=1S/C20H27N3O/c1-4-16-10-8-9-15(3)19(16)22-20(24)17(13-21)14-23-12-7-6-11-18(23)5-2/h8-10,14,18H,4-7,11-12H2,1-3H3,(H,22,24)/b17-14-. The lowest BCUT2D eigenvalue weighted by Crippen LogP contribution is -2.35. The van der Waals surface area contributed by atoms with Crippen molar-refractivity contribution < 1.29 is 4.79 Å². The van der Waals surface area contributed by atoms with E-state index < -0.39 is 0 Å². The zero-order valence-electron chi connectivity index (χ0n) is 14.9. The number of piperidine rings is 1. The monoisotopic (exact) mass is 325 g/mol. The highest BCUT2D eigenvalue weighted by Gasteiger charge is 2.21. The highest BCUT2D eigenvalue weighted by atomic mass is 16.1. The van der Waals surface area contributed by atoms with Crippen molar-refractivity contribution in [2.24, 2.45) is 0 Å². The van der Waals surface area contributed by atoms with Crippen molar-refractivity contribution in [3.8, 4) is 6.07 Å². The minimum Gasteiger partial charge on any atom is -0.373 e. The molecule has 1 amide bonds. The summed E-state index contributed by atoms with van der Waals surface area (Å²) in [6.45, 7) is 7.11. The number of nitrogens with zero attached hydrogens (tertiary/aromatic N) is 2. The Kier molecular flexibility index (Phi) is 6.43. The van der Waals surface area contributed by atoms with Crippen LogP contribution in [-0.2, 0) is 11.2 Å². The van der Waals surface area contributed by atoms with Crippen molar-refractivity contribution >= 4 is 11.6 Å². The Labute approximate surface area is 145 Å². The fourth-order valence-corrected chi connectivity index (χ4v) is 3.32. The fourth-order valence-electron chi connectivity index (χ4n) is 3.32. The number of carbonyl (C=O) groups is 1. The first-order valence-electron chi connectivity index (χ1n) is 8.88. The fraction of sp³-hybridized carbons (Fsp3) is 0.500. The number of para-hydroxylation sites is 1. The molecule has 0 aliphatic carbocycles. The number of hydrogen-bond donors (Lipinski definition) is 1. The number of hydrogen-bond acceptors (Lipinski definition) is 3. The lowest BCUT2D eigenvalue weighted by molar-refractivity contribution is -0.112. The van der Waals surface area contributed by atoms with Crippen LogP contribution in [0.4, 0.5) is 5.69 Å². The molecule has 0 radical (unpaired) electrons. The van der Waals surface area contributed by atoms with Crippen LogP contribution in [0.15, 0.2) is 30.0 Å². The van der Waals surface area contributed by atoms with Gasteiger partial charge in [-0.25, -0.2) is 0 Å². The quantitative estimate of drug-likeness (QED) is 0.653. The minimum atomic E-state index is -0.318. The van der Waals surface area contributed by atoms with Crippen LogP contribution < -0.4 is 5.32 Å². The summed E-state index contributed by atoms with van der Waals surface area (Å²) < 4.78 is 0. The van der Waals surface area contributed by atoms with E-state index in [1.165, 1.54) is 6.42 Å². The summed E-state index contributed by atoms with van der Waals surface area (Å²) in [6.07, 6.45) is 7.10. The van der Waals surface area contributed by atoms with Crippen LogP contribution in [0.5, 0.6) is 0 Å². The second-order valence-electron chi connectivity index (χ2n) is 6.37. The molecule has 4 nitrogen and oxygen atoms in total. The number of nitrogens with one attached hydrogen (secondary N) is 1. The van der Waals surface area contributed by atoms with Gasteiger partial charge in [-0.1, -0.05) is 32.0 Å². The largest absolute Gasteiger partial charge is 0.373 e. The molecule has 2 rings (SSSR count). The third-order valence-corrected chi connectivity index (χ3v) is 4.78. The molecule has 1 aromatic rings. The van der Waals surface area contributed by atoms with E-state index in [2.05, 4.69) is 30.1 Å². The van der Waals surface area contributed by atoms with E-state index in [1.807, 2.05) is 25.1 Å². The number of amides is 1. The Morgan fingerprint density at radius 2 is 2.21 bits per heavy atom. The second-order valence-corrected chi connectivity index (χ2v) is 6.37. The zero-order valence-corrected chi connectivity index (χ0v) is 14.9. The molecule has 1 aromatic carbocycles. The predicted octanol–water partition coefficient (Wildman–Crippen LogP) is 4.17. The summed E-state index contributed by atoms with van der Waals surface area (Å²) in [5.41, 5.74) is 3.12. The average Bonchev–Trinajstić information content (AvgIpc) is 2.61. The van der Waals surface area contributed by atoms with Gasteiger partial charge in [0.2, 0.25) is 0 Å². The van der Waals surface area contributed by atoms with Gasteiger partial charge in [-0.3, -0.25) is 4.79 Å². The summed E-state index contributed by atoms with van der Waals surface area (Å²) in [4.78, 5) is 14.8. The third kappa shape index (κ3) is 4.17. The van der Waals surface area contributed by atoms with E-state index in [0.717, 1.165) is 49.0 Å². The molecule has 1 fully saturated rings. The van der Waals surface area contributed by atoms with Crippen molar-refractivity contribution in [3.05, 3.63) is 41.1 Å². The van der Waals surface area contributed by atoms with Crippen LogP contribution in [0.2, 0.25) is 0 Å². The van der Waals surface area contributed by atoms with Gasteiger partial charge in [0.05, 0.1) is 0 Å². The minimum absolute atomic E-state index is 0.181. The number of likely N-dealkylation sites (tertiary alicyclic amines) is 1. The van der Waals surface area contributed by atoms with Crippen LogP contribution >= 0.6 is 0 Å². The highest BCUT2D eigenvalue weighted by Crippen LogP contribution is 2.23. The SMILES string of the molecule is CCc1cccc(C)c1NC(=O)/C(C#N)=C\N1CCCCC1CC. The predicted molar refractivity (Wildman–Crippen MR) is 97.5 cm³/mol. The Morgan fingerprint density at radius 3 is 2.88 bits per heavy atom. The Hall–Kier alpha value is -2.28. The number of aryl methyl sites for hydroxylation is 2. The topological polar surface area (TPSA) is 56.1 Å². The first-order chi connectivity index (χ1) is 11.6. The van der Waals surface area contributed by atoms with E-state index in [1.54, 1.807) is 6.20 Å². The molecule has 24 heavy (non-hydrogen) atoms. The summed E-state index contributed by atoms with van der Waals surface area (Å²) in [6, 6.07) is 8.48. The Morgan fingerprint density at radius 1 is 1.42 bits per heavy atom. The van der Waals surface area contributed by atoms with E-state index in [0.29, 0.717) is 6.04 Å². The van der Waals surface area contributed by atoms with Crippen LogP contribution in [0.1, 0.15) is 50.7 Å². The van der Waals surface area contributed by atoms with Gasteiger partial charge in [-0.15, -0.1) is 0 Å². The maximum absolute atomic E-state index is 12.6. The first-order valence-corrected chi connectivity index (χ1v) is 8.88. The summed E-state index contributed by atoms with van der Waals surface area (Å²) >= 11 is 0. The van der Waals surface area contributed by atoms with Crippen LogP contribution in [-0.4, -0.2) is 23.4 Å². The van der Waals surface area contributed by atoms with E-state index in [4.69, 9.17) is 0 Å². The lowest BCUT2D eigenvalue weighted by Gasteiger charge is -2.34. The van der Waals surface area contributed by atoms with Gasteiger partial charge >= 0.3 is 0 Å². The maximum atomic E-state index is 12.6. The van der Waals surface area contributed by atoms with E-state index >= 15 is 0 Å². The van der Waals surface area contributed by atoms with Crippen LogP contribution in [0.3, 0.4) is 0 Å². The first kappa shape index (κ1) is 18.1. The maximum Gasteiger partial charge on any atom is 0.267 e. The number of anilines is 1. The van der Waals surface area contributed by atoms with Crippen molar-refractivity contribution in [1.82, 2.24) is 4.90 Å². The van der Waals surface area contributed by atoms with Gasteiger partial charge < -0.3 is 10.2 Å². The number of benzene rings is 1. The second kappa shape index (κ2) is 8.54. The summed E-state index contributed by atoms with van der Waals surface area (Å²) in [7, 11) is 0. The highest BCUT2D eigenvalue weighted by molar-refractivity contribution is 6.07. The molecule has 1 atom stereocenters. The number of nitriles is 1. The van der Waals surface area contributed by atoms with Gasteiger partial charge in [0.25, 0.3) is 5.91 Å². The van der Waals surface area contributed by atoms with E-state index in [9.17, 15) is 10.1 Å². The van der Waals surface area contributed by atoms with Crippen molar-refractivity contribution in [2.75, 3.05) is 11.9 Å². The molecule has 1 aliphatic heterocycles. The van der Waals surface area contributed by atoms with Gasteiger partial charge in [0.1, 0.15) is 11.6 Å². The van der Waals surface area contributed by atoms with Crippen LogP contribution in [0.25, 0.3) is 0 Å². The van der Waals surface area contributed by atoms with Gasteiger partial charge in [-0.2, -0.15) is 5.26 Å². The van der Waals surface area contributed by atoms with Crippen molar-refractivity contribution in [3.63, 3.8) is 0 Å². The summed E-state index contributed by atoms with van der Waals surface area (Å²) in [5.74, 6) is -0.318. The zero-order chi connectivity index (χ0) is 17.5. The molecule has 1 N–H and O–H groups in total. The molecular formula is C20H27N3O. The number of rotatable bonds is 5. The normalized spacial score (nSPS) is 18.2. The number of carbonyl (C=O) groups excluding carboxylic acids is 1. The van der Waals surface area contributed by atoms with Gasteiger partial charge in [-0.05, 0) is 50.2 Å². The molecule has 0 bridgehead atoms. The molecule has 0 aromatic heterocycles. The molecule has 0 spiro atoms. The molecule has 4 heteroatoms. The Bertz CT molecular complexity index is 657. The molecule has 1 saturated heterocycles. The van der Waals surface area contributed by atoms with Crippen LogP contribution in [0, 0.1) is 18.3 Å². The average molecular weight is 325 g/mol. The molecular weight excluding hydrogens is 298 g/mol. The Balaban J connectivity index is 2.21. The summed E-state index contributed by atoms with van der Waals surface area (Å²) in [5, 5.41) is 12.4. The third-order valence-electron chi connectivity index (χ3n) is 4.78. The lowest BCUT2D eigenvalue weighted by atomic mass is 10.0. The van der Waals surface area contributed by atoms with Gasteiger partial charge in [0.15, 0.2) is 0 Å². The molecule has 128 valence electrons. The molecule has 1 aliphatic rings. The van der Waals surface area contributed by atoms with Crippen molar-refractivity contribution in [1.29, 1.82) is 5.26 Å². The molecule has 1 heterocycles. The van der Waals surface area contributed by atoms with Gasteiger partial charge in [0, 0.05) is 24.5 Å². The molecule has 1 unspecified atom stereocenters. The van der Waals surface area contributed by atoms with Crippen molar-refractivity contribution in [2.45, 2.75) is 58.9 Å². The molecule has 0 saturated carbocycles.